The smallest absolute Gasteiger partial charge is 0.332 e. The number of methoxy groups -OCH3 is 1. The highest BCUT2D eigenvalue weighted by atomic mass is 16.5. The Morgan fingerprint density at radius 1 is 1.20 bits per heavy atom. The zero-order valence-corrected chi connectivity index (χ0v) is 16.4. The van der Waals surface area contributed by atoms with Crippen LogP contribution in [0.15, 0.2) is 64.3 Å². The van der Waals surface area contributed by atoms with E-state index in [0.717, 1.165) is 16.5 Å². The summed E-state index contributed by atoms with van der Waals surface area (Å²) in [5.41, 5.74) is 2.85. The molecule has 0 saturated heterocycles. The van der Waals surface area contributed by atoms with E-state index in [1.165, 1.54) is 0 Å². The number of nitrogens with zero attached hydrogens (tertiary/aromatic N) is 3. The standard InChI is InChI=1S/C22H18N4O4/c1-3-29-18-8-9-23-21-19(18)26(22(27)25-21)13-6-7-16-14(11-13)20(28-2)15(12-24-16)17-5-4-10-30-17/h4-12H,3H2,1-2H3,(H,23,25,27). The summed E-state index contributed by atoms with van der Waals surface area (Å²) in [7, 11) is 1.60. The van der Waals surface area contributed by atoms with Crippen molar-refractivity contribution in [2.75, 3.05) is 13.7 Å². The van der Waals surface area contributed by atoms with Gasteiger partial charge in [0.15, 0.2) is 5.65 Å². The molecular weight excluding hydrogens is 384 g/mol. The maximum Gasteiger partial charge on any atom is 0.332 e. The van der Waals surface area contributed by atoms with Gasteiger partial charge in [-0.1, -0.05) is 0 Å². The molecule has 0 aliphatic rings. The Hall–Kier alpha value is -4.07. The molecule has 0 saturated carbocycles. The molecule has 150 valence electrons. The number of pyridine rings is 2. The van der Waals surface area contributed by atoms with Crippen molar-refractivity contribution in [2.24, 2.45) is 0 Å². The molecule has 4 heterocycles. The van der Waals surface area contributed by atoms with Crippen molar-refractivity contribution in [1.29, 1.82) is 0 Å². The lowest BCUT2D eigenvalue weighted by Crippen LogP contribution is -2.15. The van der Waals surface area contributed by atoms with Crippen molar-refractivity contribution >= 4 is 22.1 Å². The second-order valence-electron chi connectivity index (χ2n) is 6.59. The molecule has 0 bridgehead atoms. The zero-order valence-electron chi connectivity index (χ0n) is 16.4. The third-order valence-electron chi connectivity index (χ3n) is 4.89. The second kappa shape index (κ2) is 7.07. The molecule has 5 aromatic rings. The van der Waals surface area contributed by atoms with E-state index in [9.17, 15) is 4.79 Å². The summed E-state index contributed by atoms with van der Waals surface area (Å²) >= 11 is 0. The zero-order chi connectivity index (χ0) is 20.7. The minimum absolute atomic E-state index is 0.307. The number of aromatic amines is 1. The predicted octanol–water partition coefficient (Wildman–Crippen LogP) is 3.93. The van der Waals surface area contributed by atoms with Gasteiger partial charge in [0.1, 0.15) is 22.8 Å². The number of nitrogens with one attached hydrogen (secondary N) is 1. The number of hydrogen-bond acceptors (Lipinski definition) is 6. The van der Waals surface area contributed by atoms with Crippen LogP contribution < -0.4 is 15.2 Å². The van der Waals surface area contributed by atoms with Crippen LogP contribution in [0.25, 0.3) is 39.1 Å². The van der Waals surface area contributed by atoms with Gasteiger partial charge in [-0.2, -0.15) is 0 Å². The lowest BCUT2D eigenvalue weighted by molar-refractivity contribution is 0.343. The van der Waals surface area contributed by atoms with Gasteiger partial charge in [0.05, 0.1) is 36.7 Å². The number of ether oxygens (including phenoxy) is 2. The van der Waals surface area contributed by atoms with Crippen LogP contribution in [-0.4, -0.2) is 33.2 Å². The van der Waals surface area contributed by atoms with Crippen LogP contribution in [0.3, 0.4) is 0 Å². The molecular formula is C22H18N4O4. The van der Waals surface area contributed by atoms with Crippen molar-refractivity contribution in [3.05, 3.63) is 65.5 Å². The summed E-state index contributed by atoms with van der Waals surface area (Å²) in [6, 6.07) is 10.9. The first kappa shape index (κ1) is 18.0. The van der Waals surface area contributed by atoms with E-state index in [4.69, 9.17) is 13.9 Å². The fourth-order valence-electron chi connectivity index (χ4n) is 3.64. The van der Waals surface area contributed by atoms with E-state index in [0.29, 0.717) is 40.7 Å². The Kier molecular flexibility index (Phi) is 4.24. The van der Waals surface area contributed by atoms with Crippen LogP contribution in [0, 0.1) is 0 Å². The number of benzene rings is 1. The lowest BCUT2D eigenvalue weighted by Gasteiger charge is -2.12. The van der Waals surface area contributed by atoms with Crippen LogP contribution in [-0.2, 0) is 0 Å². The van der Waals surface area contributed by atoms with E-state index in [2.05, 4.69) is 15.0 Å². The van der Waals surface area contributed by atoms with Gasteiger partial charge in [0, 0.05) is 23.8 Å². The van der Waals surface area contributed by atoms with E-state index in [1.54, 1.807) is 36.4 Å². The summed E-state index contributed by atoms with van der Waals surface area (Å²) in [4.78, 5) is 24.4. The van der Waals surface area contributed by atoms with Gasteiger partial charge in [-0.15, -0.1) is 0 Å². The molecule has 0 fully saturated rings. The quantitative estimate of drug-likeness (QED) is 0.479. The third-order valence-corrected chi connectivity index (χ3v) is 4.89. The molecule has 5 rings (SSSR count). The molecule has 0 aliphatic carbocycles. The Balaban J connectivity index is 1.79. The van der Waals surface area contributed by atoms with Crippen molar-refractivity contribution < 1.29 is 13.9 Å². The average molecular weight is 402 g/mol. The van der Waals surface area contributed by atoms with Crippen molar-refractivity contribution in [3.63, 3.8) is 0 Å². The molecule has 4 aromatic heterocycles. The molecule has 1 N–H and O–H groups in total. The minimum Gasteiger partial charge on any atom is -0.495 e. The summed E-state index contributed by atoms with van der Waals surface area (Å²) in [6.07, 6.45) is 4.92. The summed E-state index contributed by atoms with van der Waals surface area (Å²) in [6.45, 7) is 2.37. The molecule has 0 amide bonds. The lowest BCUT2D eigenvalue weighted by atomic mass is 10.1. The van der Waals surface area contributed by atoms with Gasteiger partial charge in [0.25, 0.3) is 0 Å². The van der Waals surface area contributed by atoms with Gasteiger partial charge in [0.2, 0.25) is 0 Å². The fourth-order valence-corrected chi connectivity index (χ4v) is 3.64. The third kappa shape index (κ3) is 2.73. The summed E-state index contributed by atoms with van der Waals surface area (Å²) in [5, 5.41) is 0.756. The maximum absolute atomic E-state index is 12.8. The van der Waals surface area contributed by atoms with Crippen molar-refractivity contribution in [1.82, 2.24) is 19.5 Å². The number of aromatic nitrogens is 4. The average Bonchev–Trinajstić information content (AvgIpc) is 3.40. The molecule has 8 nitrogen and oxygen atoms in total. The number of furan rings is 1. The van der Waals surface area contributed by atoms with E-state index >= 15 is 0 Å². The highest BCUT2D eigenvalue weighted by Crippen LogP contribution is 2.37. The fraction of sp³-hybridized carbons (Fsp3) is 0.136. The van der Waals surface area contributed by atoms with Crippen LogP contribution in [0.2, 0.25) is 0 Å². The molecule has 1 aromatic carbocycles. The summed E-state index contributed by atoms with van der Waals surface area (Å²) < 4.78 is 18.5. The van der Waals surface area contributed by atoms with E-state index in [-0.39, 0.29) is 5.69 Å². The van der Waals surface area contributed by atoms with Gasteiger partial charge in [-0.3, -0.25) is 14.5 Å². The van der Waals surface area contributed by atoms with Crippen molar-refractivity contribution in [3.8, 4) is 28.5 Å². The van der Waals surface area contributed by atoms with Crippen LogP contribution in [0.5, 0.6) is 11.5 Å². The van der Waals surface area contributed by atoms with Gasteiger partial charge in [-0.05, 0) is 37.3 Å². The second-order valence-corrected chi connectivity index (χ2v) is 6.59. The molecule has 0 spiro atoms. The highest BCUT2D eigenvalue weighted by molar-refractivity contribution is 5.93. The van der Waals surface area contributed by atoms with Crippen molar-refractivity contribution in [2.45, 2.75) is 6.92 Å². The van der Waals surface area contributed by atoms with Gasteiger partial charge < -0.3 is 13.9 Å². The number of imidazole rings is 1. The van der Waals surface area contributed by atoms with Crippen LogP contribution in [0.4, 0.5) is 0 Å². The molecule has 30 heavy (non-hydrogen) atoms. The molecule has 8 heteroatoms. The SMILES string of the molecule is CCOc1ccnc2[nH]c(=O)n(-c3ccc4ncc(-c5ccco5)c(OC)c4c3)c12. The Morgan fingerprint density at radius 3 is 2.87 bits per heavy atom. The number of rotatable bonds is 5. The number of H-pyrrole nitrogens is 1. The molecule has 0 radical (unpaired) electrons. The van der Waals surface area contributed by atoms with E-state index in [1.807, 2.05) is 37.3 Å². The minimum atomic E-state index is -0.307. The molecule has 0 aliphatic heterocycles. The number of hydrogen-bond donors (Lipinski definition) is 1. The largest absolute Gasteiger partial charge is 0.495 e. The maximum atomic E-state index is 12.8. The van der Waals surface area contributed by atoms with Gasteiger partial charge in [-0.25, -0.2) is 9.78 Å². The first-order chi connectivity index (χ1) is 14.7. The van der Waals surface area contributed by atoms with Crippen LogP contribution >= 0.6 is 0 Å². The highest BCUT2D eigenvalue weighted by Gasteiger charge is 2.18. The normalized spacial score (nSPS) is 11.3. The topological polar surface area (TPSA) is 95.2 Å². The predicted molar refractivity (Wildman–Crippen MR) is 112 cm³/mol. The first-order valence-electron chi connectivity index (χ1n) is 9.44. The first-order valence-corrected chi connectivity index (χ1v) is 9.44. The molecule has 0 unspecified atom stereocenters. The summed E-state index contributed by atoms with van der Waals surface area (Å²) in [5.74, 6) is 1.85. The van der Waals surface area contributed by atoms with Gasteiger partial charge >= 0.3 is 5.69 Å². The Labute approximate surface area is 170 Å². The van der Waals surface area contributed by atoms with E-state index < -0.39 is 0 Å². The van der Waals surface area contributed by atoms with Crippen LogP contribution in [0.1, 0.15) is 6.92 Å². The number of fused-ring (bicyclic) bond motifs is 2. The Bertz CT molecular complexity index is 1420. The molecule has 0 atom stereocenters. The Morgan fingerprint density at radius 2 is 2.10 bits per heavy atom. The monoisotopic (exact) mass is 402 g/mol.